The zero-order chi connectivity index (χ0) is 17.3. The normalized spacial score (nSPS) is 31.1. The Kier molecular flexibility index (Phi) is 3.17. The van der Waals surface area contributed by atoms with Crippen LogP contribution in [0.4, 0.5) is 0 Å². The molecule has 0 amide bonds. The zero-order valence-electron chi connectivity index (χ0n) is 15.0. The van der Waals surface area contributed by atoms with Crippen molar-refractivity contribution in [1.29, 1.82) is 0 Å². The molecule has 5 rings (SSSR count). The number of piperidine rings is 1. The first-order valence-corrected chi connectivity index (χ1v) is 9.18. The number of aromatic nitrogens is 1. The Morgan fingerprint density at radius 3 is 2.84 bits per heavy atom. The van der Waals surface area contributed by atoms with E-state index in [0.29, 0.717) is 23.9 Å². The van der Waals surface area contributed by atoms with Crippen LogP contribution in [-0.2, 0) is 23.0 Å². The van der Waals surface area contributed by atoms with E-state index >= 15 is 0 Å². The van der Waals surface area contributed by atoms with Crippen molar-refractivity contribution in [2.75, 3.05) is 13.7 Å². The van der Waals surface area contributed by atoms with Crippen molar-refractivity contribution in [3.05, 3.63) is 47.4 Å². The number of rotatable bonds is 1. The van der Waals surface area contributed by atoms with Gasteiger partial charge in [0.25, 0.3) is 0 Å². The lowest BCUT2D eigenvalue weighted by Gasteiger charge is -2.52. The van der Waals surface area contributed by atoms with Gasteiger partial charge in [-0.2, -0.15) is 0 Å². The highest BCUT2D eigenvalue weighted by molar-refractivity contribution is 5.93. The van der Waals surface area contributed by atoms with Crippen molar-refractivity contribution in [1.82, 2.24) is 9.47 Å². The smallest absolute Gasteiger partial charge is 0.159 e. The highest BCUT2D eigenvalue weighted by Gasteiger charge is 2.49. The number of likely N-dealkylation sites (N-methyl/N-ethyl adjacent to an activating group) is 1. The molecule has 0 unspecified atom stereocenters. The lowest BCUT2D eigenvalue weighted by Crippen LogP contribution is -2.55. The number of carbonyl (C=O) groups excluding carboxylic acids is 1. The second-order valence-corrected chi connectivity index (χ2v) is 7.86. The molecule has 4 heterocycles. The summed E-state index contributed by atoms with van der Waals surface area (Å²) in [5.74, 6) is 0.885. The number of Topliss-reactive ketones (excluding diaryl/α,β-unsaturated/α-hetero) is 1. The largest absolute Gasteiger partial charge is 0.500 e. The van der Waals surface area contributed by atoms with Gasteiger partial charge in [0.1, 0.15) is 0 Å². The highest BCUT2D eigenvalue weighted by atomic mass is 16.5. The van der Waals surface area contributed by atoms with E-state index in [2.05, 4.69) is 47.8 Å². The molecule has 0 saturated carbocycles. The number of allylic oxidation sites excluding steroid dienone is 1. The maximum absolute atomic E-state index is 12.1. The Balaban J connectivity index is 1.68. The van der Waals surface area contributed by atoms with Crippen LogP contribution in [0.2, 0.25) is 0 Å². The van der Waals surface area contributed by atoms with Gasteiger partial charge in [-0.1, -0.05) is 18.2 Å². The summed E-state index contributed by atoms with van der Waals surface area (Å²) in [5, 5.41) is 1.39. The van der Waals surface area contributed by atoms with Gasteiger partial charge in [0.05, 0.1) is 18.9 Å². The maximum atomic E-state index is 12.1. The molecule has 0 N–H and O–H groups in total. The van der Waals surface area contributed by atoms with Gasteiger partial charge in [0.2, 0.25) is 0 Å². The van der Waals surface area contributed by atoms with Crippen LogP contribution < -0.4 is 0 Å². The molecule has 1 fully saturated rings. The van der Waals surface area contributed by atoms with Crippen molar-refractivity contribution in [2.24, 2.45) is 18.9 Å². The van der Waals surface area contributed by atoms with E-state index < -0.39 is 0 Å². The molecule has 1 aromatic carbocycles. The Morgan fingerprint density at radius 1 is 1.24 bits per heavy atom. The number of benzene rings is 1. The lowest BCUT2D eigenvalue weighted by atomic mass is 9.67. The van der Waals surface area contributed by atoms with Gasteiger partial charge in [-0.15, -0.1) is 0 Å². The van der Waals surface area contributed by atoms with E-state index in [1.807, 2.05) is 0 Å². The second kappa shape index (κ2) is 5.21. The summed E-state index contributed by atoms with van der Waals surface area (Å²) in [6.07, 6.45) is 3.77. The van der Waals surface area contributed by atoms with Crippen LogP contribution in [0, 0.1) is 11.8 Å². The van der Waals surface area contributed by atoms with Crippen LogP contribution in [0.3, 0.4) is 0 Å². The summed E-state index contributed by atoms with van der Waals surface area (Å²) in [7, 11) is 4.44. The van der Waals surface area contributed by atoms with Crippen LogP contribution in [-0.4, -0.2) is 34.9 Å². The minimum Gasteiger partial charge on any atom is -0.500 e. The van der Waals surface area contributed by atoms with Gasteiger partial charge >= 0.3 is 0 Å². The van der Waals surface area contributed by atoms with E-state index in [0.717, 1.165) is 25.0 Å². The van der Waals surface area contributed by atoms with Crippen molar-refractivity contribution >= 4 is 16.7 Å². The molecule has 3 aliphatic rings. The number of ketones is 1. The maximum Gasteiger partial charge on any atom is 0.159 e. The van der Waals surface area contributed by atoms with Gasteiger partial charge in [-0.25, -0.2) is 0 Å². The van der Waals surface area contributed by atoms with E-state index in [-0.39, 0.29) is 5.78 Å². The number of nitrogens with zero attached hydrogens (tertiary/aromatic N) is 2. The Bertz CT molecular complexity index is 910. The average molecular weight is 336 g/mol. The van der Waals surface area contributed by atoms with Crippen LogP contribution >= 0.6 is 0 Å². The number of carbonyl (C=O) groups is 1. The Labute approximate surface area is 148 Å². The summed E-state index contributed by atoms with van der Waals surface area (Å²) in [6.45, 7) is 2.40. The lowest BCUT2D eigenvalue weighted by molar-refractivity contribution is -0.116. The predicted octanol–water partition coefficient (Wildman–Crippen LogP) is 3.22. The summed E-state index contributed by atoms with van der Waals surface area (Å²) in [4.78, 5) is 14.7. The van der Waals surface area contributed by atoms with Crippen LogP contribution in [0.25, 0.3) is 10.9 Å². The summed E-state index contributed by atoms with van der Waals surface area (Å²) in [6, 6.07) is 9.53. The van der Waals surface area contributed by atoms with Crippen LogP contribution in [0.1, 0.15) is 30.6 Å². The number of para-hydroxylation sites is 1. The molecular formula is C21H24N2O2. The van der Waals surface area contributed by atoms with Gasteiger partial charge in [-0.3, -0.25) is 9.69 Å². The quantitative estimate of drug-likeness (QED) is 0.802. The number of fused-ring (bicyclic) bond motifs is 8. The fraction of sp³-hybridized carbons (Fsp3) is 0.476. The monoisotopic (exact) mass is 336 g/mol. The fourth-order valence-electron chi connectivity index (χ4n) is 5.59. The molecule has 4 heteroatoms. The molecule has 0 aliphatic carbocycles. The van der Waals surface area contributed by atoms with Crippen LogP contribution in [0.15, 0.2) is 36.1 Å². The molecule has 0 spiro atoms. The molecule has 4 atom stereocenters. The first-order chi connectivity index (χ1) is 12.1. The van der Waals surface area contributed by atoms with Gasteiger partial charge in [0, 0.05) is 41.2 Å². The van der Waals surface area contributed by atoms with Crippen molar-refractivity contribution in [3.63, 3.8) is 0 Å². The summed E-state index contributed by atoms with van der Waals surface area (Å²) < 4.78 is 8.09. The zero-order valence-corrected chi connectivity index (χ0v) is 15.0. The Morgan fingerprint density at radius 2 is 2.04 bits per heavy atom. The highest BCUT2D eigenvalue weighted by Crippen LogP contribution is 2.51. The molecule has 3 aliphatic heterocycles. The first kappa shape index (κ1) is 15.2. The standard InChI is InChI=1S/C21H24N2O2/c1-12(24)16-10-25-11-17-14(16)8-20-21-15(9-19(17)22(20)2)13-6-4-5-7-18(13)23(21)3/h4-7,10,14,17,19-20H,8-9,11H2,1-3H3/t14-,17+,19-,20-/m0/s1. The van der Waals surface area contributed by atoms with E-state index in [1.165, 1.54) is 22.2 Å². The SMILES string of the molecule is CC(=O)C1=COC[C@@H]2[C@H]1C[C@H]1c3c(c4ccccc4n3C)C[C@@H]2N1C. The number of aryl methyl sites for hydroxylation is 1. The molecular weight excluding hydrogens is 312 g/mol. The third kappa shape index (κ3) is 1.94. The van der Waals surface area contributed by atoms with E-state index in [1.54, 1.807) is 13.2 Å². The van der Waals surface area contributed by atoms with E-state index in [9.17, 15) is 4.79 Å². The van der Waals surface area contributed by atoms with Gasteiger partial charge < -0.3 is 9.30 Å². The van der Waals surface area contributed by atoms with Gasteiger partial charge in [0.15, 0.2) is 5.78 Å². The first-order valence-electron chi connectivity index (χ1n) is 9.18. The van der Waals surface area contributed by atoms with Crippen molar-refractivity contribution < 1.29 is 9.53 Å². The molecule has 2 bridgehead atoms. The molecule has 130 valence electrons. The molecule has 1 saturated heterocycles. The molecule has 2 aromatic rings. The van der Waals surface area contributed by atoms with Crippen molar-refractivity contribution in [3.8, 4) is 0 Å². The minimum atomic E-state index is 0.162. The predicted molar refractivity (Wildman–Crippen MR) is 97.2 cm³/mol. The second-order valence-electron chi connectivity index (χ2n) is 7.86. The van der Waals surface area contributed by atoms with Crippen LogP contribution in [0.5, 0.6) is 0 Å². The fourth-order valence-corrected chi connectivity index (χ4v) is 5.59. The number of hydrogen-bond donors (Lipinski definition) is 0. The number of ether oxygens (including phenoxy) is 1. The third-order valence-corrected chi connectivity index (χ3v) is 6.80. The average Bonchev–Trinajstić information content (AvgIpc) is 2.88. The molecule has 4 nitrogen and oxygen atoms in total. The van der Waals surface area contributed by atoms with Crippen molar-refractivity contribution in [2.45, 2.75) is 31.8 Å². The third-order valence-electron chi connectivity index (χ3n) is 6.80. The minimum absolute atomic E-state index is 0.162. The van der Waals surface area contributed by atoms with E-state index in [4.69, 9.17) is 4.74 Å². The topological polar surface area (TPSA) is 34.5 Å². The molecule has 0 radical (unpaired) electrons. The molecule has 25 heavy (non-hydrogen) atoms. The summed E-state index contributed by atoms with van der Waals surface area (Å²) in [5.41, 5.74) is 5.15. The van der Waals surface area contributed by atoms with Gasteiger partial charge in [-0.05, 0) is 44.4 Å². The Hall–Kier alpha value is -2.07. The number of hydrogen-bond acceptors (Lipinski definition) is 3. The molecule has 1 aromatic heterocycles. The summed E-state index contributed by atoms with van der Waals surface area (Å²) >= 11 is 0.